The quantitative estimate of drug-likeness (QED) is 0.546. The number of aryl methyl sites for hydroxylation is 2. The molecule has 8 heteroatoms. The van der Waals surface area contributed by atoms with Crippen molar-refractivity contribution in [3.8, 4) is 0 Å². The van der Waals surface area contributed by atoms with E-state index in [0.717, 1.165) is 9.86 Å². The number of hydrogen-bond acceptors (Lipinski definition) is 3. The Balaban J connectivity index is 1.74. The summed E-state index contributed by atoms with van der Waals surface area (Å²) in [6, 6.07) is 4.77. The van der Waals surface area contributed by atoms with E-state index in [0.29, 0.717) is 29.0 Å². The van der Waals surface area contributed by atoms with Gasteiger partial charge in [-0.3, -0.25) is 9.48 Å². The summed E-state index contributed by atoms with van der Waals surface area (Å²) in [4.78, 5) is 16.9. The number of nitrogens with one attached hydrogen (secondary N) is 1. The smallest absolute Gasteiger partial charge is 0.257 e. The number of anilines is 1. The van der Waals surface area contributed by atoms with Crippen molar-refractivity contribution in [3.05, 3.63) is 58.3 Å². The lowest BCUT2D eigenvalue weighted by Gasteiger charge is -2.07. The van der Waals surface area contributed by atoms with Crippen molar-refractivity contribution in [2.75, 3.05) is 5.32 Å². The molecule has 0 fully saturated rings. The molecule has 3 aromatic heterocycles. The first-order valence-corrected chi connectivity index (χ1v) is 8.87. The van der Waals surface area contributed by atoms with Gasteiger partial charge in [0.05, 0.1) is 16.9 Å². The Morgan fingerprint density at radius 2 is 2.12 bits per heavy atom. The number of carbonyl (C=O) groups excluding carboxylic acids is 1. The van der Waals surface area contributed by atoms with E-state index < -0.39 is 5.82 Å². The van der Waals surface area contributed by atoms with Gasteiger partial charge in [0.15, 0.2) is 11.5 Å². The van der Waals surface area contributed by atoms with E-state index >= 15 is 0 Å². The van der Waals surface area contributed by atoms with Crippen LogP contribution in [0.1, 0.15) is 23.0 Å². The van der Waals surface area contributed by atoms with Crippen LogP contribution in [0.4, 0.5) is 10.1 Å². The van der Waals surface area contributed by atoms with E-state index in [9.17, 15) is 9.18 Å². The van der Waals surface area contributed by atoms with Crippen LogP contribution in [0.15, 0.2) is 41.3 Å². The molecule has 6 nitrogen and oxygen atoms in total. The molecule has 0 unspecified atom stereocenters. The van der Waals surface area contributed by atoms with Gasteiger partial charge in [-0.05, 0) is 26.0 Å². The molecule has 1 N–H and O–H groups in total. The van der Waals surface area contributed by atoms with Gasteiger partial charge in [-0.25, -0.2) is 9.37 Å². The highest BCUT2D eigenvalue weighted by molar-refractivity contribution is 9.10. The van der Waals surface area contributed by atoms with Crippen molar-refractivity contribution in [2.24, 2.45) is 0 Å². The summed E-state index contributed by atoms with van der Waals surface area (Å²) in [6.45, 7) is 4.46. The summed E-state index contributed by atoms with van der Waals surface area (Å²) in [5.41, 5.74) is 2.31. The molecule has 0 atom stereocenters. The maximum atomic E-state index is 14.2. The monoisotopic (exact) mass is 415 g/mol. The van der Waals surface area contributed by atoms with E-state index in [-0.39, 0.29) is 11.6 Å². The molecule has 26 heavy (non-hydrogen) atoms. The van der Waals surface area contributed by atoms with E-state index in [2.05, 4.69) is 31.3 Å². The van der Waals surface area contributed by atoms with E-state index in [1.807, 2.05) is 19.2 Å². The Bertz CT molecular complexity index is 1160. The Morgan fingerprint density at radius 3 is 2.88 bits per heavy atom. The summed E-state index contributed by atoms with van der Waals surface area (Å²) >= 11 is 3.48. The molecule has 0 aliphatic carbocycles. The van der Waals surface area contributed by atoms with Gasteiger partial charge >= 0.3 is 0 Å². The zero-order chi connectivity index (χ0) is 18.4. The molecule has 0 spiro atoms. The topological polar surface area (TPSA) is 64.2 Å². The Kier molecular flexibility index (Phi) is 3.99. The number of halogens is 2. The fourth-order valence-corrected chi connectivity index (χ4v) is 3.33. The molecule has 1 aromatic carbocycles. The number of fused-ring (bicyclic) bond motifs is 2. The normalized spacial score (nSPS) is 11.4. The zero-order valence-corrected chi connectivity index (χ0v) is 15.7. The Hall–Kier alpha value is -2.74. The van der Waals surface area contributed by atoms with Crippen molar-refractivity contribution < 1.29 is 9.18 Å². The number of rotatable bonds is 3. The molecule has 0 bridgehead atoms. The first-order chi connectivity index (χ1) is 12.5. The van der Waals surface area contributed by atoms with Crippen molar-refractivity contribution in [3.63, 3.8) is 0 Å². The minimum atomic E-state index is -0.493. The summed E-state index contributed by atoms with van der Waals surface area (Å²) < 4.78 is 18.4. The average molecular weight is 416 g/mol. The highest BCUT2D eigenvalue weighted by atomic mass is 79.9. The van der Waals surface area contributed by atoms with E-state index in [1.165, 1.54) is 6.07 Å². The third-order valence-electron chi connectivity index (χ3n) is 4.12. The fourth-order valence-electron chi connectivity index (χ4n) is 2.91. The lowest BCUT2D eigenvalue weighted by Crippen LogP contribution is -2.13. The summed E-state index contributed by atoms with van der Waals surface area (Å²) in [5.74, 6) is -0.841. The number of benzene rings is 1. The summed E-state index contributed by atoms with van der Waals surface area (Å²) in [5, 5.41) is 8.06. The number of hydrogen-bond donors (Lipinski definition) is 1. The molecule has 1 amide bonds. The molecular formula is C18H15BrFN5O. The highest BCUT2D eigenvalue weighted by Gasteiger charge is 2.16. The van der Waals surface area contributed by atoms with E-state index in [1.54, 1.807) is 34.5 Å². The maximum absolute atomic E-state index is 14.2. The lowest BCUT2D eigenvalue weighted by atomic mass is 10.1. The first kappa shape index (κ1) is 16.7. The van der Waals surface area contributed by atoms with Crippen molar-refractivity contribution in [2.45, 2.75) is 20.4 Å². The Labute approximate surface area is 156 Å². The van der Waals surface area contributed by atoms with Crippen molar-refractivity contribution >= 4 is 44.1 Å². The number of imidazole rings is 1. The van der Waals surface area contributed by atoms with Gasteiger partial charge in [-0.1, -0.05) is 15.9 Å². The minimum Gasteiger partial charge on any atom is -0.320 e. The molecule has 4 aromatic rings. The molecule has 0 saturated carbocycles. The second-order valence-corrected chi connectivity index (χ2v) is 6.84. The predicted octanol–water partition coefficient (Wildman–Crippen LogP) is 4.17. The second kappa shape index (κ2) is 6.21. The molecule has 3 heterocycles. The van der Waals surface area contributed by atoms with Gasteiger partial charge in [0.25, 0.3) is 5.91 Å². The molecule has 0 radical (unpaired) electrons. The molecule has 0 aliphatic heterocycles. The van der Waals surface area contributed by atoms with Crippen LogP contribution >= 0.6 is 15.9 Å². The van der Waals surface area contributed by atoms with Crippen LogP contribution in [0, 0.1) is 12.7 Å². The molecule has 0 aliphatic rings. The molecule has 0 saturated heterocycles. The third kappa shape index (κ3) is 2.76. The van der Waals surface area contributed by atoms with Gasteiger partial charge in [-0.2, -0.15) is 5.10 Å². The molecule has 132 valence electrons. The SMILES string of the molecule is CCn1cc2c(Br)ccc(C(=O)Nc3cc(F)c4nc(C)cn4c3)c2n1. The minimum absolute atomic E-state index is 0.230. The number of nitrogens with zero attached hydrogens (tertiary/aromatic N) is 4. The second-order valence-electron chi connectivity index (χ2n) is 5.99. The number of carbonyl (C=O) groups is 1. The largest absolute Gasteiger partial charge is 0.320 e. The summed E-state index contributed by atoms with van der Waals surface area (Å²) in [6.07, 6.45) is 5.22. The number of amides is 1. The van der Waals surface area contributed by atoms with Gasteiger partial charge in [0.1, 0.15) is 5.52 Å². The highest BCUT2D eigenvalue weighted by Crippen LogP contribution is 2.27. The summed E-state index contributed by atoms with van der Waals surface area (Å²) in [7, 11) is 0. The van der Waals surface area contributed by atoms with Gasteiger partial charge in [0, 0.05) is 41.1 Å². The van der Waals surface area contributed by atoms with Crippen molar-refractivity contribution in [1.82, 2.24) is 19.2 Å². The average Bonchev–Trinajstić information content (AvgIpc) is 3.19. The molecular weight excluding hydrogens is 401 g/mol. The van der Waals surface area contributed by atoms with Gasteiger partial charge in [-0.15, -0.1) is 0 Å². The van der Waals surface area contributed by atoms with Crippen LogP contribution < -0.4 is 5.32 Å². The predicted molar refractivity (Wildman–Crippen MR) is 101 cm³/mol. The van der Waals surface area contributed by atoms with Crippen LogP contribution in [-0.4, -0.2) is 25.1 Å². The van der Waals surface area contributed by atoms with E-state index in [4.69, 9.17) is 0 Å². The first-order valence-electron chi connectivity index (χ1n) is 8.08. The van der Waals surface area contributed by atoms with Gasteiger partial charge in [0.2, 0.25) is 0 Å². The van der Waals surface area contributed by atoms with Crippen LogP contribution in [0.5, 0.6) is 0 Å². The van der Waals surface area contributed by atoms with Crippen LogP contribution in [-0.2, 0) is 6.54 Å². The Morgan fingerprint density at radius 1 is 1.31 bits per heavy atom. The van der Waals surface area contributed by atoms with Crippen LogP contribution in [0.25, 0.3) is 16.6 Å². The third-order valence-corrected chi connectivity index (χ3v) is 4.82. The maximum Gasteiger partial charge on any atom is 0.257 e. The standard InChI is InChI=1S/C18H15BrFN5O/c1-3-25-9-13-14(19)5-4-12(16(13)23-25)18(26)22-11-6-15(20)17-21-10(2)7-24(17)8-11/h4-9H,3H2,1-2H3,(H,22,26). The number of aromatic nitrogens is 4. The van der Waals surface area contributed by atoms with Crippen LogP contribution in [0.2, 0.25) is 0 Å². The van der Waals surface area contributed by atoms with Gasteiger partial charge < -0.3 is 9.72 Å². The lowest BCUT2D eigenvalue weighted by molar-refractivity contribution is 0.102. The molecule has 4 rings (SSSR count). The fraction of sp³-hybridized carbons (Fsp3) is 0.167. The van der Waals surface area contributed by atoms with Crippen LogP contribution in [0.3, 0.4) is 0 Å². The van der Waals surface area contributed by atoms with Crippen molar-refractivity contribution in [1.29, 1.82) is 0 Å². The number of pyridine rings is 1. The zero-order valence-electron chi connectivity index (χ0n) is 14.1.